The van der Waals surface area contributed by atoms with Crippen molar-refractivity contribution in [2.75, 3.05) is 6.54 Å². The molecule has 3 atom stereocenters. The first-order valence-electron chi connectivity index (χ1n) is 10.5. The lowest BCUT2D eigenvalue weighted by Crippen LogP contribution is -2.46. The van der Waals surface area contributed by atoms with Crippen LogP contribution >= 0.6 is 11.6 Å². The van der Waals surface area contributed by atoms with Gasteiger partial charge in [-0.2, -0.15) is 10.1 Å². The van der Waals surface area contributed by atoms with Crippen molar-refractivity contribution in [3.8, 4) is 0 Å². The van der Waals surface area contributed by atoms with Gasteiger partial charge in [0.15, 0.2) is 6.04 Å². The quantitative estimate of drug-likeness (QED) is 0.356. The molecule has 1 aromatic carbocycles. The predicted octanol–water partition coefficient (Wildman–Crippen LogP) is 4.12. The molecule has 0 spiro atoms. The molecule has 1 fully saturated rings. The van der Waals surface area contributed by atoms with Gasteiger partial charge in [0.25, 0.3) is 0 Å². The molecule has 1 unspecified atom stereocenters. The zero-order chi connectivity index (χ0) is 24.5. The van der Waals surface area contributed by atoms with Crippen molar-refractivity contribution in [3.63, 3.8) is 0 Å². The van der Waals surface area contributed by atoms with E-state index in [9.17, 15) is 23.5 Å². The van der Waals surface area contributed by atoms with Gasteiger partial charge >= 0.3 is 12.1 Å². The van der Waals surface area contributed by atoms with Crippen molar-refractivity contribution >= 4 is 29.9 Å². The standard InChI is InChI=1S/C22H27ClF2N4O4/c1-5-27-18(20(30)31)14(19(23)28(27)12-13-8-6-7-9-15(13)24)11-26-29(17-10-16(17)25)21(32)33-22(2,3)4/h6-9,11,16-18H,5,10,12H2,1-4H3,(H,30,31)/t16-,17-,18?/m0/s1. The Balaban J connectivity index is 1.94. The van der Waals surface area contributed by atoms with Gasteiger partial charge in [-0.25, -0.2) is 18.6 Å². The minimum Gasteiger partial charge on any atom is -0.480 e. The zero-order valence-electron chi connectivity index (χ0n) is 18.8. The van der Waals surface area contributed by atoms with E-state index in [1.165, 1.54) is 16.1 Å². The van der Waals surface area contributed by atoms with Gasteiger partial charge in [0.05, 0.1) is 18.8 Å². The second-order valence-electron chi connectivity index (χ2n) is 8.78. The Morgan fingerprint density at radius 3 is 2.52 bits per heavy atom. The summed E-state index contributed by atoms with van der Waals surface area (Å²) in [6, 6.07) is 4.08. The van der Waals surface area contributed by atoms with Crippen LogP contribution in [0.5, 0.6) is 0 Å². The number of benzene rings is 1. The summed E-state index contributed by atoms with van der Waals surface area (Å²) in [6.45, 7) is 6.99. The molecule has 3 rings (SSSR count). The molecule has 2 aliphatic rings. The molecule has 1 aliphatic carbocycles. The fraction of sp³-hybridized carbons (Fsp3) is 0.500. The summed E-state index contributed by atoms with van der Waals surface area (Å²) in [5.74, 6) is -1.66. The summed E-state index contributed by atoms with van der Waals surface area (Å²) >= 11 is 6.53. The maximum atomic E-state index is 14.2. The third kappa shape index (κ3) is 5.62. The molecule has 1 N–H and O–H groups in total. The first kappa shape index (κ1) is 24.9. The largest absolute Gasteiger partial charge is 0.480 e. The molecular weight excluding hydrogens is 458 g/mol. The van der Waals surface area contributed by atoms with Gasteiger partial charge in [-0.05, 0) is 26.8 Å². The topological polar surface area (TPSA) is 85.7 Å². The maximum absolute atomic E-state index is 14.2. The van der Waals surface area contributed by atoms with Crippen LogP contribution in [-0.2, 0) is 16.1 Å². The molecular formula is C22H27ClF2N4O4. The Labute approximate surface area is 196 Å². The first-order chi connectivity index (χ1) is 15.4. The van der Waals surface area contributed by atoms with Crippen LogP contribution in [0, 0.1) is 5.82 Å². The average Bonchev–Trinajstić information content (AvgIpc) is 3.36. The maximum Gasteiger partial charge on any atom is 0.431 e. The van der Waals surface area contributed by atoms with Crippen LogP contribution in [0.15, 0.2) is 40.1 Å². The highest BCUT2D eigenvalue weighted by molar-refractivity contribution is 6.31. The number of hydrazine groups is 1. The molecule has 0 radical (unpaired) electrons. The van der Waals surface area contributed by atoms with Crippen LogP contribution < -0.4 is 0 Å². The van der Waals surface area contributed by atoms with Gasteiger partial charge in [0.2, 0.25) is 0 Å². The van der Waals surface area contributed by atoms with E-state index < -0.39 is 41.7 Å². The van der Waals surface area contributed by atoms with Crippen LogP contribution in [0.4, 0.5) is 13.6 Å². The number of ether oxygens (including phenoxy) is 1. The van der Waals surface area contributed by atoms with Gasteiger partial charge < -0.3 is 9.84 Å². The van der Waals surface area contributed by atoms with Crippen molar-refractivity contribution in [3.05, 3.63) is 46.4 Å². The number of carbonyl (C=O) groups excluding carboxylic acids is 1. The molecule has 1 saturated carbocycles. The molecule has 1 aliphatic heterocycles. The number of rotatable bonds is 7. The molecule has 11 heteroatoms. The second kappa shape index (κ2) is 9.64. The van der Waals surface area contributed by atoms with E-state index in [4.69, 9.17) is 16.3 Å². The van der Waals surface area contributed by atoms with Crippen molar-refractivity contribution in [2.24, 2.45) is 5.10 Å². The monoisotopic (exact) mass is 484 g/mol. The molecule has 1 heterocycles. The fourth-order valence-electron chi connectivity index (χ4n) is 3.47. The van der Waals surface area contributed by atoms with Gasteiger partial charge in [0.1, 0.15) is 22.7 Å². The molecule has 0 saturated heterocycles. The smallest absolute Gasteiger partial charge is 0.431 e. The van der Waals surface area contributed by atoms with Crippen molar-refractivity contribution in [1.82, 2.24) is 15.0 Å². The van der Waals surface area contributed by atoms with Gasteiger partial charge in [-0.3, -0.25) is 9.80 Å². The lowest BCUT2D eigenvalue weighted by Gasteiger charge is -2.32. The number of hydrogen-bond donors (Lipinski definition) is 1. The number of carboxylic acid groups (broad SMARTS) is 1. The van der Waals surface area contributed by atoms with Crippen LogP contribution in [0.25, 0.3) is 0 Å². The number of carboxylic acids is 1. The van der Waals surface area contributed by atoms with Crippen LogP contribution in [-0.4, -0.2) is 68.8 Å². The van der Waals surface area contributed by atoms with Crippen molar-refractivity contribution < 1.29 is 28.2 Å². The summed E-state index contributed by atoms with van der Waals surface area (Å²) in [5, 5.41) is 17.8. The van der Waals surface area contributed by atoms with Gasteiger partial charge in [-0.15, -0.1) is 0 Å². The molecule has 0 bridgehead atoms. The number of halogens is 3. The lowest BCUT2D eigenvalue weighted by molar-refractivity contribution is -0.146. The van der Waals surface area contributed by atoms with Crippen LogP contribution in [0.3, 0.4) is 0 Å². The molecule has 33 heavy (non-hydrogen) atoms. The number of hydrazone groups is 1. The van der Waals surface area contributed by atoms with E-state index in [1.807, 2.05) is 0 Å². The zero-order valence-corrected chi connectivity index (χ0v) is 19.6. The van der Waals surface area contributed by atoms with E-state index >= 15 is 0 Å². The first-order valence-corrected chi connectivity index (χ1v) is 10.9. The highest BCUT2D eigenvalue weighted by atomic mass is 35.5. The minimum atomic E-state index is -1.25. The van der Waals surface area contributed by atoms with Gasteiger partial charge in [0, 0.05) is 24.1 Å². The summed E-state index contributed by atoms with van der Waals surface area (Å²) < 4.78 is 33.3. The van der Waals surface area contributed by atoms with E-state index in [2.05, 4.69) is 5.10 Å². The number of alkyl halides is 1. The Bertz CT molecular complexity index is 981. The summed E-state index contributed by atoms with van der Waals surface area (Å²) in [4.78, 5) is 24.6. The third-order valence-corrected chi connectivity index (χ3v) is 5.51. The predicted molar refractivity (Wildman–Crippen MR) is 118 cm³/mol. The highest BCUT2D eigenvalue weighted by Gasteiger charge is 2.47. The van der Waals surface area contributed by atoms with Gasteiger partial charge in [-0.1, -0.05) is 36.7 Å². The molecule has 180 valence electrons. The normalized spacial score (nSPS) is 23.4. The van der Waals surface area contributed by atoms with Crippen LogP contribution in [0.2, 0.25) is 0 Å². The number of nitrogens with zero attached hydrogens (tertiary/aromatic N) is 4. The lowest BCUT2D eigenvalue weighted by atomic mass is 10.1. The molecule has 0 aromatic heterocycles. The minimum absolute atomic E-state index is 0.00851. The SMILES string of the molecule is CCN1C(C(=O)O)C(C=NN(C(=O)OC(C)(C)C)[C@H]2C[C@@H]2F)=C(Cl)N1Cc1ccccc1F. The summed E-state index contributed by atoms with van der Waals surface area (Å²) in [5.41, 5.74) is -0.410. The van der Waals surface area contributed by atoms with Crippen molar-refractivity contribution in [2.45, 2.75) is 64.5 Å². The number of hydrogen-bond acceptors (Lipinski definition) is 6. The number of aliphatic carboxylic acids is 1. The molecule has 1 aromatic rings. The molecule has 8 nitrogen and oxygen atoms in total. The number of likely N-dealkylation sites (N-methyl/N-ethyl adjacent to an activating group) is 1. The Morgan fingerprint density at radius 2 is 2.00 bits per heavy atom. The number of carbonyl (C=O) groups is 2. The number of amides is 1. The Morgan fingerprint density at radius 1 is 1.36 bits per heavy atom. The second-order valence-corrected chi connectivity index (χ2v) is 9.14. The molecule has 1 amide bonds. The average molecular weight is 485 g/mol. The van der Waals surface area contributed by atoms with Crippen molar-refractivity contribution in [1.29, 1.82) is 0 Å². The van der Waals surface area contributed by atoms with E-state index in [1.54, 1.807) is 45.9 Å². The Kier molecular flexibility index (Phi) is 7.28. The summed E-state index contributed by atoms with van der Waals surface area (Å²) in [6.07, 6.45) is -0.851. The van der Waals surface area contributed by atoms with E-state index in [0.29, 0.717) is 5.56 Å². The summed E-state index contributed by atoms with van der Waals surface area (Å²) in [7, 11) is 0. The fourth-order valence-corrected chi connectivity index (χ4v) is 3.78. The van der Waals surface area contributed by atoms with E-state index in [-0.39, 0.29) is 30.2 Å². The van der Waals surface area contributed by atoms with E-state index in [0.717, 1.165) is 11.2 Å². The Hall–Kier alpha value is -2.72. The van der Waals surface area contributed by atoms with Crippen LogP contribution in [0.1, 0.15) is 39.7 Å². The third-order valence-electron chi connectivity index (χ3n) is 5.10. The highest BCUT2D eigenvalue weighted by Crippen LogP contribution is 2.35.